The summed E-state index contributed by atoms with van der Waals surface area (Å²) in [5.74, 6) is -9.63. The van der Waals surface area contributed by atoms with Gasteiger partial charge in [0.1, 0.15) is 66.5 Å². The Morgan fingerprint density at radius 3 is 0.857 bits per heavy atom. The SMILES string of the molecule is CC(C)C[C@H](NC(=O)[C@H](C)NC(=O)[C@H](CCCCN)NC(=O)[C@H](CCCCN)NC(=O)[C@H](CC(C)C)NC(=O)[C@H](C)NC(=O)[C@H](CCCCN)NC(=O)[C@H](CC(C)C)NC(=O)[C@H](C)NC(=O)[C@H](CC(C)C)NC(=O)[C@H](C)NC(=O)[C@@H](N)Cc1ccccc1)C(=O)O. The van der Waals surface area contributed by atoms with Crippen molar-refractivity contribution in [1.29, 1.82) is 0 Å². The van der Waals surface area contributed by atoms with Crippen molar-refractivity contribution in [2.75, 3.05) is 19.6 Å². The number of carboxylic acids is 1. The Bertz CT molecular complexity index is 2490. The van der Waals surface area contributed by atoms with Gasteiger partial charge in [-0.2, -0.15) is 0 Å². The van der Waals surface area contributed by atoms with E-state index in [-0.39, 0.29) is 88.1 Å². The maximum atomic E-state index is 14.2. The minimum absolute atomic E-state index is 0.0557. The fourth-order valence-corrected chi connectivity index (χ4v) is 9.58. The molecule has 0 bridgehead atoms. The van der Waals surface area contributed by atoms with E-state index in [4.69, 9.17) is 22.9 Å². The van der Waals surface area contributed by atoms with Gasteiger partial charge in [0.2, 0.25) is 65.0 Å². The molecule has 11 amide bonds. The number of rotatable bonds is 45. The van der Waals surface area contributed by atoms with Crippen molar-refractivity contribution in [3.8, 4) is 0 Å². The predicted octanol–water partition coefficient (Wildman–Crippen LogP) is -0.375. The van der Waals surface area contributed by atoms with Crippen LogP contribution in [0.4, 0.5) is 0 Å². The first-order valence-electron chi connectivity index (χ1n) is 32.2. The van der Waals surface area contributed by atoms with E-state index >= 15 is 0 Å². The summed E-state index contributed by atoms with van der Waals surface area (Å²) in [6.07, 6.45) is 3.60. The number of amides is 11. The molecular weight excluding hydrogens is 1170 g/mol. The molecule has 20 N–H and O–H groups in total. The van der Waals surface area contributed by atoms with Crippen LogP contribution in [0.3, 0.4) is 0 Å². The van der Waals surface area contributed by atoms with Gasteiger partial charge in [-0.05, 0) is 166 Å². The maximum absolute atomic E-state index is 14.2. The number of hydrogen-bond acceptors (Lipinski definition) is 16. The van der Waals surface area contributed by atoms with Gasteiger partial charge in [0, 0.05) is 0 Å². The number of hydrogen-bond donors (Lipinski definition) is 16. The fourth-order valence-electron chi connectivity index (χ4n) is 9.58. The average molecular weight is 1290 g/mol. The molecule has 516 valence electrons. The number of unbranched alkanes of at least 4 members (excludes halogenated alkanes) is 3. The summed E-state index contributed by atoms with van der Waals surface area (Å²) in [4.78, 5) is 163. The zero-order valence-electron chi connectivity index (χ0n) is 55.8. The largest absolute Gasteiger partial charge is 0.480 e. The monoisotopic (exact) mass is 1290 g/mol. The Morgan fingerprint density at radius 1 is 0.330 bits per heavy atom. The van der Waals surface area contributed by atoms with E-state index in [1.165, 1.54) is 27.7 Å². The lowest BCUT2D eigenvalue weighted by Gasteiger charge is -2.28. The number of benzene rings is 1. The van der Waals surface area contributed by atoms with Gasteiger partial charge in [-0.25, -0.2) is 4.79 Å². The summed E-state index contributed by atoms with van der Waals surface area (Å²) in [7, 11) is 0. The second-order valence-electron chi connectivity index (χ2n) is 25.4. The molecule has 28 heteroatoms. The Kier molecular flexibility index (Phi) is 39.0. The normalized spacial score (nSPS) is 15.3. The van der Waals surface area contributed by atoms with Gasteiger partial charge >= 0.3 is 5.97 Å². The van der Waals surface area contributed by atoms with Gasteiger partial charge < -0.3 is 86.5 Å². The van der Waals surface area contributed by atoms with Gasteiger partial charge in [0.25, 0.3) is 0 Å². The summed E-state index contributed by atoms with van der Waals surface area (Å²) in [5.41, 5.74) is 24.3. The molecule has 0 unspecified atom stereocenters. The average Bonchev–Trinajstić information content (AvgIpc) is 1.58. The fraction of sp³-hybridized carbons (Fsp3) is 0.714. The van der Waals surface area contributed by atoms with Crippen LogP contribution in [0.15, 0.2) is 30.3 Å². The number of carbonyl (C=O) groups excluding carboxylic acids is 11. The van der Waals surface area contributed by atoms with Gasteiger partial charge in [-0.3, -0.25) is 52.7 Å². The van der Waals surface area contributed by atoms with Crippen molar-refractivity contribution in [2.45, 2.75) is 245 Å². The lowest BCUT2D eigenvalue weighted by molar-refractivity contribution is -0.142. The topological polar surface area (TPSA) is 461 Å². The highest BCUT2D eigenvalue weighted by Crippen LogP contribution is 2.14. The van der Waals surface area contributed by atoms with Crippen molar-refractivity contribution in [3.05, 3.63) is 35.9 Å². The molecule has 0 aromatic heterocycles. The van der Waals surface area contributed by atoms with E-state index in [2.05, 4.69) is 58.5 Å². The van der Waals surface area contributed by atoms with Crippen LogP contribution in [0.5, 0.6) is 0 Å². The molecule has 0 fully saturated rings. The van der Waals surface area contributed by atoms with Crippen LogP contribution in [-0.4, -0.2) is 168 Å². The molecule has 0 aliphatic rings. The first-order valence-corrected chi connectivity index (χ1v) is 32.2. The van der Waals surface area contributed by atoms with Crippen LogP contribution in [0.1, 0.15) is 172 Å². The second-order valence-corrected chi connectivity index (χ2v) is 25.4. The standard InChI is InChI=1S/C63H111N15O13/c1-35(2)30-48(75-52(79)39(9)68-56(83)44(67)34-43-22-14-13-15-23-43)60(87)71-41(11)54(81)77-49(31-36(3)4)61(88)73-46(25-17-20-28-65)58(85)69-40(10)53(80)76-50(32-37(5)6)62(89)74-47(26-18-21-29-66)59(86)72-45(24-16-19-27-64)57(84)70-42(12)55(82)78-51(63(90)91)33-38(7)8/h13-15,22-23,35-42,44-51H,16-21,24-34,64-67H2,1-12H3,(H,68,83)(H,69,85)(H,70,84)(H,71,87)(H,72,86)(H,73,88)(H,74,89)(H,75,79)(H,76,80)(H,77,81)(H,78,82)(H,90,91)/t39-,40-,41-,42-,44-,45-,46-,47-,48-,49-,50-,51-/m0/s1. The summed E-state index contributed by atoms with van der Waals surface area (Å²) < 4.78 is 0. The molecule has 1 aromatic rings. The zero-order chi connectivity index (χ0) is 69.1. The Morgan fingerprint density at radius 2 is 0.571 bits per heavy atom. The zero-order valence-corrected chi connectivity index (χ0v) is 55.8. The molecule has 0 aliphatic heterocycles. The number of carboxylic acid groups (broad SMARTS) is 1. The van der Waals surface area contributed by atoms with Crippen molar-refractivity contribution < 1.29 is 62.6 Å². The van der Waals surface area contributed by atoms with Gasteiger partial charge in [-0.1, -0.05) is 85.7 Å². The number of aliphatic carboxylic acids is 1. The van der Waals surface area contributed by atoms with Gasteiger partial charge in [0.05, 0.1) is 6.04 Å². The molecule has 0 radical (unpaired) electrons. The number of nitrogens with two attached hydrogens (primary N) is 4. The minimum atomic E-state index is -1.29. The van der Waals surface area contributed by atoms with Crippen LogP contribution >= 0.6 is 0 Å². The Labute approximate surface area is 537 Å². The van der Waals surface area contributed by atoms with Crippen molar-refractivity contribution >= 4 is 70.9 Å². The molecular formula is C63H111N15O13. The number of nitrogens with one attached hydrogen (secondary N) is 11. The smallest absolute Gasteiger partial charge is 0.326 e. The third-order valence-electron chi connectivity index (χ3n) is 14.7. The third-order valence-corrected chi connectivity index (χ3v) is 14.7. The van der Waals surface area contributed by atoms with Gasteiger partial charge in [0.15, 0.2) is 0 Å². The van der Waals surface area contributed by atoms with Crippen LogP contribution in [0.2, 0.25) is 0 Å². The summed E-state index contributed by atoms with van der Waals surface area (Å²) >= 11 is 0. The van der Waals surface area contributed by atoms with E-state index < -0.39 is 143 Å². The molecule has 0 spiro atoms. The Balaban J connectivity index is 3.29. The molecule has 0 saturated heterocycles. The van der Waals surface area contributed by atoms with E-state index in [9.17, 15) is 62.6 Å². The van der Waals surface area contributed by atoms with Crippen molar-refractivity contribution in [1.82, 2.24) is 58.5 Å². The lowest BCUT2D eigenvalue weighted by Crippen LogP contribution is -2.60. The minimum Gasteiger partial charge on any atom is -0.480 e. The predicted molar refractivity (Wildman–Crippen MR) is 346 cm³/mol. The van der Waals surface area contributed by atoms with Gasteiger partial charge in [-0.15, -0.1) is 0 Å². The molecule has 0 saturated carbocycles. The van der Waals surface area contributed by atoms with Crippen LogP contribution in [0, 0.1) is 23.7 Å². The molecule has 28 nitrogen and oxygen atoms in total. The Hall–Kier alpha value is -7.30. The lowest BCUT2D eigenvalue weighted by atomic mass is 10.0. The molecule has 0 aliphatic carbocycles. The summed E-state index contributed by atoms with van der Waals surface area (Å²) in [6, 6.07) is -5.06. The summed E-state index contributed by atoms with van der Waals surface area (Å²) in [5, 5.41) is 38.8. The van der Waals surface area contributed by atoms with Crippen LogP contribution < -0.4 is 81.4 Å². The van der Waals surface area contributed by atoms with Crippen molar-refractivity contribution in [3.63, 3.8) is 0 Å². The highest BCUT2D eigenvalue weighted by molar-refractivity contribution is 5.99. The maximum Gasteiger partial charge on any atom is 0.326 e. The first kappa shape index (κ1) is 81.7. The van der Waals surface area contributed by atoms with Crippen LogP contribution in [0.25, 0.3) is 0 Å². The van der Waals surface area contributed by atoms with Crippen LogP contribution in [-0.2, 0) is 64.0 Å². The molecule has 1 aromatic carbocycles. The third kappa shape index (κ3) is 33.0. The highest BCUT2D eigenvalue weighted by atomic mass is 16.4. The van der Waals surface area contributed by atoms with Crippen molar-refractivity contribution in [2.24, 2.45) is 46.6 Å². The van der Waals surface area contributed by atoms with E-state index in [0.29, 0.717) is 45.1 Å². The van der Waals surface area contributed by atoms with E-state index in [0.717, 1.165) is 5.56 Å². The quantitative estimate of drug-likeness (QED) is 0.0370. The molecule has 12 atom stereocenters. The summed E-state index contributed by atoms with van der Waals surface area (Å²) in [6.45, 7) is 21.0. The van der Waals surface area contributed by atoms with E-state index in [1.807, 2.05) is 71.9 Å². The number of carbonyl (C=O) groups is 12. The molecule has 91 heavy (non-hydrogen) atoms. The molecule has 0 heterocycles. The second kappa shape index (κ2) is 43.5. The van der Waals surface area contributed by atoms with E-state index in [1.54, 1.807) is 13.8 Å². The first-order chi connectivity index (χ1) is 42.7. The highest BCUT2D eigenvalue weighted by Gasteiger charge is 2.35. The molecule has 1 rings (SSSR count).